The van der Waals surface area contributed by atoms with Crippen LogP contribution in [0.3, 0.4) is 0 Å². The van der Waals surface area contributed by atoms with Crippen molar-refractivity contribution in [3.05, 3.63) is 26.9 Å². The number of rotatable bonds is 1. The number of fused-ring (bicyclic) bond motifs is 1. The van der Waals surface area contributed by atoms with Gasteiger partial charge in [0.2, 0.25) is 0 Å². The van der Waals surface area contributed by atoms with E-state index in [0.29, 0.717) is 0 Å². The Morgan fingerprint density at radius 2 is 2.07 bits per heavy atom. The molecule has 0 saturated carbocycles. The molecule has 1 aromatic heterocycles. The number of benzene rings is 1. The number of thiophene rings is 1. The van der Waals surface area contributed by atoms with Gasteiger partial charge in [0, 0.05) is 24.5 Å². The zero-order valence-corrected chi connectivity index (χ0v) is 9.84. The normalized spacial score (nSPS) is 10.9. The van der Waals surface area contributed by atoms with Crippen LogP contribution in [0.5, 0.6) is 0 Å². The van der Waals surface area contributed by atoms with Crippen molar-refractivity contribution in [2.24, 2.45) is 0 Å². The van der Waals surface area contributed by atoms with Crippen LogP contribution in [-0.4, -0.2) is 17.2 Å². The third-order valence-electron chi connectivity index (χ3n) is 1.90. The SMILES string of the molecule is OB(O)c1cc(F)cc2c(I)csc12. The highest BCUT2D eigenvalue weighted by atomic mass is 127. The maximum Gasteiger partial charge on any atom is 0.490 e. The minimum absolute atomic E-state index is 0.230. The van der Waals surface area contributed by atoms with Crippen LogP contribution in [0, 0.1) is 9.39 Å². The van der Waals surface area contributed by atoms with Gasteiger partial charge in [0.25, 0.3) is 0 Å². The summed E-state index contributed by atoms with van der Waals surface area (Å²) in [5.41, 5.74) is 0.230. The Morgan fingerprint density at radius 1 is 1.36 bits per heavy atom. The van der Waals surface area contributed by atoms with Gasteiger partial charge in [-0.05, 0) is 34.7 Å². The molecule has 0 fully saturated rings. The molecular weight excluding hydrogens is 317 g/mol. The molecule has 6 heteroatoms. The van der Waals surface area contributed by atoms with E-state index in [2.05, 4.69) is 22.6 Å². The third kappa shape index (κ3) is 1.67. The molecule has 0 bridgehead atoms. The largest absolute Gasteiger partial charge is 0.490 e. The monoisotopic (exact) mass is 322 g/mol. The molecule has 72 valence electrons. The molecule has 2 nitrogen and oxygen atoms in total. The van der Waals surface area contributed by atoms with E-state index in [0.717, 1.165) is 19.7 Å². The van der Waals surface area contributed by atoms with Gasteiger partial charge in [-0.2, -0.15) is 0 Å². The summed E-state index contributed by atoms with van der Waals surface area (Å²) < 4.78 is 14.7. The molecule has 0 saturated heterocycles. The maximum atomic E-state index is 13.1. The van der Waals surface area contributed by atoms with E-state index in [1.807, 2.05) is 5.38 Å². The molecule has 2 aromatic rings. The first-order valence-corrected chi connectivity index (χ1v) is 5.77. The predicted molar refractivity (Wildman–Crippen MR) is 64.3 cm³/mol. The van der Waals surface area contributed by atoms with Gasteiger partial charge in [-0.15, -0.1) is 11.3 Å². The molecule has 0 spiro atoms. The van der Waals surface area contributed by atoms with Gasteiger partial charge in [0.15, 0.2) is 0 Å². The Labute approximate surface area is 97.7 Å². The van der Waals surface area contributed by atoms with Crippen molar-refractivity contribution in [2.45, 2.75) is 0 Å². The Morgan fingerprint density at radius 3 is 2.71 bits per heavy atom. The Hall–Kier alpha value is -0.175. The topological polar surface area (TPSA) is 40.5 Å². The molecular formula is C8H5BFIO2S. The zero-order chi connectivity index (χ0) is 10.3. The first kappa shape index (κ1) is 10.3. The summed E-state index contributed by atoms with van der Waals surface area (Å²) in [6.45, 7) is 0. The Bertz CT molecular complexity index is 485. The van der Waals surface area contributed by atoms with Gasteiger partial charge >= 0.3 is 7.12 Å². The standard InChI is InChI=1S/C8H5BFIO2S/c10-4-1-5-7(11)3-14-8(5)6(2-4)9(12)13/h1-3,12-13H. The van der Waals surface area contributed by atoms with Crippen molar-refractivity contribution >= 4 is 56.6 Å². The molecule has 1 aromatic carbocycles. The average Bonchev–Trinajstić information content (AvgIpc) is 2.47. The summed E-state index contributed by atoms with van der Waals surface area (Å²) in [5, 5.41) is 20.7. The van der Waals surface area contributed by atoms with Crippen LogP contribution in [0.1, 0.15) is 0 Å². The summed E-state index contributed by atoms with van der Waals surface area (Å²) in [7, 11) is -1.62. The molecule has 0 unspecified atom stereocenters. The first-order valence-electron chi connectivity index (χ1n) is 3.82. The summed E-state index contributed by atoms with van der Waals surface area (Å²) in [6, 6.07) is 2.55. The predicted octanol–water partition coefficient (Wildman–Crippen LogP) is 1.32. The minimum atomic E-state index is -1.62. The molecule has 2 rings (SSSR count). The lowest BCUT2D eigenvalue weighted by Gasteiger charge is -2.01. The van der Waals surface area contributed by atoms with Crippen molar-refractivity contribution in [2.75, 3.05) is 0 Å². The lowest BCUT2D eigenvalue weighted by molar-refractivity contribution is 0.426. The van der Waals surface area contributed by atoms with Crippen LogP contribution in [0.25, 0.3) is 10.1 Å². The number of hydrogen-bond donors (Lipinski definition) is 2. The molecule has 0 aliphatic rings. The van der Waals surface area contributed by atoms with Crippen LogP contribution >= 0.6 is 33.9 Å². The molecule has 1 heterocycles. The Balaban J connectivity index is 2.82. The molecule has 0 amide bonds. The third-order valence-corrected chi connectivity index (χ3v) is 4.26. The summed E-state index contributed by atoms with van der Waals surface area (Å²) in [6.07, 6.45) is 0. The van der Waals surface area contributed by atoms with Gasteiger partial charge in [0.1, 0.15) is 5.82 Å². The van der Waals surface area contributed by atoms with Crippen LogP contribution in [-0.2, 0) is 0 Å². The van der Waals surface area contributed by atoms with E-state index >= 15 is 0 Å². The van der Waals surface area contributed by atoms with E-state index < -0.39 is 12.9 Å². The summed E-state index contributed by atoms with van der Waals surface area (Å²) >= 11 is 3.47. The molecule has 0 radical (unpaired) electrons. The highest BCUT2D eigenvalue weighted by Gasteiger charge is 2.18. The molecule has 14 heavy (non-hydrogen) atoms. The maximum absolute atomic E-state index is 13.1. The zero-order valence-electron chi connectivity index (χ0n) is 6.87. The second kappa shape index (κ2) is 3.76. The molecule has 2 N–H and O–H groups in total. The summed E-state index contributed by atoms with van der Waals surface area (Å²) in [5.74, 6) is -0.447. The minimum Gasteiger partial charge on any atom is -0.423 e. The van der Waals surface area contributed by atoms with E-state index in [9.17, 15) is 4.39 Å². The van der Waals surface area contributed by atoms with Crippen LogP contribution in [0.2, 0.25) is 0 Å². The van der Waals surface area contributed by atoms with Gasteiger partial charge < -0.3 is 10.0 Å². The Kier molecular flexibility index (Phi) is 2.78. The van der Waals surface area contributed by atoms with Crippen molar-refractivity contribution in [1.29, 1.82) is 0 Å². The highest BCUT2D eigenvalue weighted by molar-refractivity contribution is 14.1. The fraction of sp³-hybridized carbons (Fsp3) is 0. The average molecular weight is 322 g/mol. The van der Waals surface area contributed by atoms with E-state index in [1.165, 1.54) is 17.4 Å². The molecule has 0 aliphatic heterocycles. The van der Waals surface area contributed by atoms with E-state index in [1.54, 1.807) is 0 Å². The fourth-order valence-corrected chi connectivity index (χ4v) is 3.22. The van der Waals surface area contributed by atoms with E-state index in [-0.39, 0.29) is 5.46 Å². The smallest absolute Gasteiger partial charge is 0.423 e. The van der Waals surface area contributed by atoms with Crippen molar-refractivity contribution < 1.29 is 14.4 Å². The highest BCUT2D eigenvalue weighted by Crippen LogP contribution is 2.26. The van der Waals surface area contributed by atoms with Gasteiger partial charge in [-0.3, -0.25) is 0 Å². The first-order chi connectivity index (χ1) is 6.59. The van der Waals surface area contributed by atoms with Gasteiger partial charge in [0.05, 0.1) is 0 Å². The van der Waals surface area contributed by atoms with Crippen molar-refractivity contribution in [3.8, 4) is 0 Å². The van der Waals surface area contributed by atoms with Crippen LogP contribution < -0.4 is 5.46 Å². The van der Waals surface area contributed by atoms with Crippen LogP contribution in [0.15, 0.2) is 17.5 Å². The fourth-order valence-electron chi connectivity index (χ4n) is 1.29. The van der Waals surface area contributed by atoms with Crippen molar-refractivity contribution in [1.82, 2.24) is 0 Å². The molecule has 0 atom stereocenters. The lowest BCUT2D eigenvalue weighted by atomic mass is 9.80. The van der Waals surface area contributed by atoms with Crippen molar-refractivity contribution in [3.63, 3.8) is 0 Å². The van der Waals surface area contributed by atoms with E-state index in [4.69, 9.17) is 10.0 Å². The molecule has 0 aliphatic carbocycles. The quantitative estimate of drug-likeness (QED) is 0.614. The number of hydrogen-bond acceptors (Lipinski definition) is 3. The second-order valence-electron chi connectivity index (χ2n) is 2.83. The van der Waals surface area contributed by atoms with Crippen LogP contribution in [0.4, 0.5) is 4.39 Å². The second-order valence-corrected chi connectivity index (χ2v) is 4.87. The summed E-state index contributed by atoms with van der Waals surface area (Å²) in [4.78, 5) is 0. The number of halogens is 2. The lowest BCUT2D eigenvalue weighted by Crippen LogP contribution is -2.30. The van der Waals surface area contributed by atoms with Gasteiger partial charge in [-0.25, -0.2) is 4.39 Å². The van der Waals surface area contributed by atoms with Gasteiger partial charge in [-0.1, -0.05) is 0 Å².